The van der Waals surface area contributed by atoms with Gasteiger partial charge >= 0.3 is 11.9 Å². The molecule has 2 amide bonds. The van der Waals surface area contributed by atoms with Crippen LogP contribution in [-0.4, -0.2) is 66.8 Å². The van der Waals surface area contributed by atoms with Crippen LogP contribution in [0.3, 0.4) is 0 Å². The van der Waals surface area contributed by atoms with Crippen LogP contribution in [0.25, 0.3) is 10.8 Å². The summed E-state index contributed by atoms with van der Waals surface area (Å²) >= 11 is 0. The van der Waals surface area contributed by atoms with E-state index in [9.17, 15) is 32.7 Å². The van der Waals surface area contributed by atoms with Gasteiger partial charge in [0.05, 0.1) is 11.5 Å². The molecule has 0 radical (unpaired) electrons. The predicted molar refractivity (Wildman–Crippen MR) is 145 cm³/mol. The SMILES string of the molecule is N[C@@H](CCC(=O)N[C@@H](CS(=O)(=O)Cc1ccc2ccccc2c1)C(=O)N(CC(=O)O)c1ccccc1)C(=O)O. The van der Waals surface area contributed by atoms with Gasteiger partial charge < -0.3 is 21.3 Å². The lowest BCUT2D eigenvalue weighted by Gasteiger charge is -2.27. The third-order valence-electron chi connectivity index (χ3n) is 5.88. The van der Waals surface area contributed by atoms with Crippen molar-refractivity contribution in [3.8, 4) is 0 Å². The van der Waals surface area contributed by atoms with Gasteiger partial charge in [-0.3, -0.25) is 24.1 Å². The molecule has 0 aromatic heterocycles. The smallest absolute Gasteiger partial charge is 0.323 e. The molecule has 0 saturated carbocycles. The monoisotopic (exact) mass is 555 g/mol. The molecule has 5 N–H and O–H groups in total. The van der Waals surface area contributed by atoms with E-state index >= 15 is 0 Å². The maximum absolute atomic E-state index is 13.5. The number of carboxylic acids is 2. The first-order valence-electron chi connectivity index (χ1n) is 12.0. The Hall–Kier alpha value is -4.29. The summed E-state index contributed by atoms with van der Waals surface area (Å²) in [5.41, 5.74) is 6.12. The summed E-state index contributed by atoms with van der Waals surface area (Å²) in [4.78, 5) is 49.5. The lowest BCUT2D eigenvalue weighted by Crippen LogP contribution is -2.53. The van der Waals surface area contributed by atoms with Crippen molar-refractivity contribution < 1.29 is 37.8 Å². The first kappa shape index (κ1) is 29.3. The van der Waals surface area contributed by atoms with Crippen molar-refractivity contribution in [3.05, 3.63) is 78.4 Å². The number of carboxylic acid groups (broad SMARTS) is 2. The first-order chi connectivity index (χ1) is 18.4. The summed E-state index contributed by atoms with van der Waals surface area (Å²) in [5.74, 6) is -5.63. The number of nitrogens with two attached hydrogens (primary N) is 1. The second-order valence-corrected chi connectivity index (χ2v) is 11.1. The number of benzene rings is 3. The Labute approximate surface area is 225 Å². The van der Waals surface area contributed by atoms with Crippen LogP contribution in [0.4, 0.5) is 5.69 Å². The van der Waals surface area contributed by atoms with E-state index in [1.54, 1.807) is 36.4 Å². The number of nitrogens with zero attached hydrogens (tertiary/aromatic N) is 1. The number of fused-ring (bicyclic) bond motifs is 1. The van der Waals surface area contributed by atoms with Crippen LogP contribution in [0.15, 0.2) is 72.8 Å². The summed E-state index contributed by atoms with van der Waals surface area (Å²) in [6.07, 6.45) is -0.629. The molecule has 0 aliphatic carbocycles. The summed E-state index contributed by atoms with van der Waals surface area (Å²) in [7, 11) is -4.01. The van der Waals surface area contributed by atoms with Crippen LogP contribution in [0, 0.1) is 0 Å². The van der Waals surface area contributed by atoms with Crippen LogP contribution in [-0.2, 0) is 34.8 Å². The highest BCUT2D eigenvalue weighted by atomic mass is 32.2. The zero-order valence-electron chi connectivity index (χ0n) is 20.9. The Balaban J connectivity index is 1.87. The fourth-order valence-electron chi connectivity index (χ4n) is 3.97. The molecule has 0 aliphatic heterocycles. The minimum absolute atomic E-state index is 0.198. The van der Waals surface area contributed by atoms with Gasteiger partial charge in [0.1, 0.15) is 18.6 Å². The van der Waals surface area contributed by atoms with Gasteiger partial charge in [0, 0.05) is 12.1 Å². The highest BCUT2D eigenvalue weighted by molar-refractivity contribution is 7.90. The Morgan fingerprint density at radius 2 is 1.54 bits per heavy atom. The Bertz CT molecular complexity index is 1460. The topological polar surface area (TPSA) is 184 Å². The number of rotatable bonds is 13. The number of aliphatic carboxylic acids is 2. The number of anilines is 1. The molecule has 3 aromatic carbocycles. The molecule has 0 aliphatic rings. The molecule has 0 spiro atoms. The number of carbonyl (C=O) groups excluding carboxylic acids is 2. The number of hydrogen-bond donors (Lipinski definition) is 4. The lowest BCUT2D eigenvalue weighted by atomic mass is 10.1. The average molecular weight is 556 g/mol. The molecule has 11 nitrogen and oxygen atoms in total. The fourth-order valence-corrected chi connectivity index (χ4v) is 5.51. The third kappa shape index (κ3) is 8.62. The summed E-state index contributed by atoms with van der Waals surface area (Å²) in [6, 6.07) is 17.4. The lowest BCUT2D eigenvalue weighted by molar-refractivity contribution is -0.139. The van der Waals surface area contributed by atoms with Gasteiger partial charge in [0.15, 0.2) is 9.84 Å². The number of amides is 2. The van der Waals surface area contributed by atoms with Gasteiger partial charge in [-0.25, -0.2) is 8.42 Å². The minimum atomic E-state index is -4.01. The highest BCUT2D eigenvalue weighted by Crippen LogP contribution is 2.19. The molecular weight excluding hydrogens is 526 g/mol. The zero-order valence-corrected chi connectivity index (χ0v) is 21.7. The zero-order chi connectivity index (χ0) is 28.6. The molecular formula is C27H29N3O8S. The van der Waals surface area contributed by atoms with E-state index in [-0.39, 0.29) is 18.5 Å². The van der Waals surface area contributed by atoms with Gasteiger partial charge in [0.25, 0.3) is 5.91 Å². The normalized spacial score (nSPS) is 12.8. The van der Waals surface area contributed by atoms with Crippen molar-refractivity contribution >= 4 is 50.1 Å². The minimum Gasteiger partial charge on any atom is -0.480 e. The van der Waals surface area contributed by atoms with E-state index in [1.165, 1.54) is 12.1 Å². The van der Waals surface area contributed by atoms with E-state index in [0.29, 0.717) is 5.56 Å². The van der Waals surface area contributed by atoms with Crippen LogP contribution in [0.2, 0.25) is 0 Å². The average Bonchev–Trinajstić information content (AvgIpc) is 2.89. The Kier molecular flexibility index (Phi) is 9.74. The molecule has 3 aromatic rings. The molecule has 0 heterocycles. The van der Waals surface area contributed by atoms with Gasteiger partial charge in [-0.15, -0.1) is 0 Å². The maximum Gasteiger partial charge on any atom is 0.323 e. The fraction of sp³-hybridized carbons (Fsp3) is 0.259. The van der Waals surface area contributed by atoms with Gasteiger partial charge in [0.2, 0.25) is 5.91 Å². The molecule has 0 unspecified atom stereocenters. The van der Waals surface area contributed by atoms with Crippen LogP contribution in [0.5, 0.6) is 0 Å². The number of hydrogen-bond acceptors (Lipinski definition) is 7. The number of sulfone groups is 1. The number of nitrogens with one attached hydrogen (secondary N) is 1. The highest BCUT2D eigenvalue weighted by Gasteiger charge is 2.32. The van der Waals surface area contributed by atoms with Crippen LogP contribution in [0.1, 0.15) is 18.4 Å². The second-order valence-electron chi connectivity index (χ2n) is 8.99. The first-order valence-corrected chi connectivity index (χ1v) is 13.8. The van der Waals surface area contributed by atoms with Gasteiger partial charge in [-0.2, -0.15) is 0 Å². The van der Waals surface area contributed by atoms with E-state index in [0.717, 1.165) is 15.7 Å². The molecule has 0 saturated heterocycles. The Morgan fingerprint density at radius 3 is 2.18 bits per heavy atom. The second kappa shape index (κ2) is 13.0. The Morgan fingerprint density at radius 1 is 0.897 bits per heavy atom. The van der Waals surface area contributed by atoms with E-state index in [1.807, 2.05) is 24.3 Å². The standard InChI is InChI=1S/C27H29N3O8S/c28-22(27(35)36)12-13-24(31)29-23(26(34)30(15-25(32)33)21-8-2-1-3-9-21)17-39(37,38)16-18-10-11-19-6-4-5-7-20(19)14-18/h1-11,14,22-23H,12-13,15-17,28H2,(H,29,31)(H,32,33)(H,35,36)/t22-,23-/m0/s1. The van der Waals surface area contributed by atoms with Crippen molar-refractivity contribution in [2.75, 3.05) is 17.2 Å². The van der Waals surface area contributed by atoms with Crippen LogP contribution >= 0.6 is 0 Å². The number of carbonyl (C=O) groups is 4. The van der Waals surface area contributed by atoms with Crippen LogP contribution < -0.4 is 16.0 Å². The van der Waals surface area contributed by atoms with Gasteiger partial charge in [-0.1, -0.05) is 60.7 Å². The van der Waals surface area contributed by atoms with E-state index in [2.05, 4.69) is 5.32 Å². The van der Waals surface area contributed by atoms with Crippen molar-refractivity contribution in [2.24, 2.45) is 5.73 Å². The third-order valence-corrected chi connectivity index (χ3v) is 7.50. The van der Waals surface area contributed by atoms with Gasteiger partial charge in [-0.05, 0) is 34.9 Å². The summed E-state index contributed by atoms with van der Waals surface area (Å²) in [6.45, 7) is -0.774. The van der Waals surface area contributed by atoms with Crippen molar-refractivity contribution in [2.45, 2.75) is 30.7 Å². The molecule has 0 fully saturated rings. The molecule has 12 heteroatoms. The summed E-state index contributed by atoms with van der Waals surface area (Å²) in [5, 5.41) is 22.5. The maximum atomic E-state index is 13.5. The van der Waals surface area contributed by atoms with Crippen molar-refractivity contribution in [1.29, 1.82) is 0 Å². The van der Waals surface area contributed by atoms with Crippen molar-refractivity contribution in [3.63, 3.8) is 0 Å². The largest absolute Gasteiger partial charge is 0.480 e. The van der Waals surface area contributed by atoms with Crippen molar-refractivity contribution in [1.82, 2.24) is 5.32 Å². The van der Waals surface area contributed by atoms with E-state index < -0.39 is 63.7 Å². The summed E-state index contributed by atoms with van der Waals surface area (Å²) < 4.78 is 26.5. The predicted octanol–water partition coefficient (Wildman–Crippen LogP) is 1.55. The van der Waals surface area contributed by atoms with E-state index in [4.69, 9.17) is 10.8 Å². The quantitative estimate of drug-likeness (QED) is 0.243. The molecule has 39 heavy (non-hydrogen) atoms. The molecule has 2 atom stereocenters. The molecule has 3 rings (SSSR count). The molecule has 206 valence electrons. The number of para-hydroxylation sites is 1. The molecule has 0 bridgehead atoms.